The summed E-state index contributed by atoms with van der Waals surface area (Å²) in [7, 11) is 0. The molecule has 0 aliphatic heterocycles. The monoisotopic (exact) mass is 251 g/mol. The SMILES string of the molecule is Nc1ccc(Cc2nc(-c3cccnc3)n[nH]2)cc1. The lowest BCUT2D eigenvalue weighted by Gasteiger charge is -1.98. The van der Waals surface area contributed by atoms with Crippen LogP contribution in [0.4, 0.5) is 5.69 Å². The van der Waals surface area contributed by atoms with Crippen molar-refractivity contribution in [3.8, 4) is 11.4 Å². The zero-order valence-corrected chi connectivity index (χ0v) is 10.2. The van der Waals surface area contributed by atoms with Crippen molar-refractivity contribution in [3.63, 3.8) is 0 Å². The van der Waals surface area contributed by atoms with Gasteiger partial charge in [0, 0.05) is 30.1 Å². The van der Waals surface area contributed by atoms with Crippen LogP contribution in [0.25, 0.3) is 11.4 Å². The van der Waals surface area contributed by atoms with Crippen molar-refractivity contribution < 1.29 is 0 Å². The minimum Gasteiger partial charge on any atom is -0.399 e. The van der Waals surface area contributed by atoms with E-state index < -0.39 is 0 Å². The molecule has 2 aromatic heterocycles. The van der Waals surface area contributed by atoms with Crippen LogP contribution in [0.1, 0.15) is 11.4 Å². The van der Waals surface area contributed by atoms with Crippen LogP contribution in [-0.2, 0) is 6.42 Å². The van der Waals surface area contributed by atoms with Crippen LogP contribution < -0.4 is 5.73 Å². The van der Waals surface area contributed by atoms with Gasteiger partial charge in [-0.25, -0.2) is 4.98 Å². The van der Waals surface area contributed by atoms with Gasteiger partial charge in [0.15, 0.2) is 5.82 Å². The summed E-state index contributed by atoms with van der Waals surface area (Å²) in [6.07, 6.45) is 4.18. The lowest BCUT2D eigenvalue weighted by Crippen LogP contribution is -1.92. The van der Waals surface area contributed by atoms with E-state index in [1.165, 1.54) is 0 Å². The van der Waals surface area contributed by atoms with Gasteiger partial charge in [0.25, 0.3) is 0 Å². The molecule has 0 spiro atoms. The van der Waals surface area contributed by atoms with Gasteiger partial charge in [-0.15, -0.1) is 0 Å². The van der Waals surface area contributed by atoms with Crippen molar-refractivity contribution in [3.05, 3.63) is 60.2 Å². The molecule has 0 amide bonds. The Morgan fingerprint density at radius 2 is 1.95 bits per heavy atom. The third-order valence-corrected chi connectivity index (χ3v) is 2.80. The number of hydrogen-bond donors (Lipinski definition) is 2. The number of nitrogens with two attached hydrogens (primary N) is 1. The number of hydrogen-bond acceptors (Lipinski definition) is 4. The molecule has 3 N–H and O–H groups in total. The van der Waals surface area contributed by atoms with Gasteiger partial charge in [-0.3, -0.25) is 10.1 Å². The van der Waals surface area contributed by atoms with E-state index >= 15 is 0 Å². The molecule has 0 fully saturated rings. The molecular formula is C14H13N5. The van der Waals surface area contributed by atoms with Crippen LogP contribution in [0.15, 0.2) is 48.8 Å². The molecule has 5 heteroatoms. The molecule has 0 saturated heterocycles. The third kappa shape index (κ3) is 2.60. The topological polar surface area (TPSA) is 80.5 Å². The van der Waals surface area contributed by atoms with Crippen molar-refractivity contribution in [2.45, 2.75) is 6.42 Å². The smallest absolute Gasteiger partial charge is 0.182 e. The van der Waals surface area contributed by atoms with Crippen molar-refractivity contribution in [1.82, 2.24) is 20.2 Å². The van der Waals surface area contributed by atoms with E-state index in [-0.39, 0.29) is 0 Å². The fourth-order valence-corrected chi connectivity index (χ4v) is 1.83. The third-order valence-electron chi connectivity index (χ3n) is 2.80. The van der Waals surface area contributed by atoms with Crippen LogP contribution in [0, 0.1) is 0 Å². The fraction of sp³-hybridized carbons (Fsp3) is 0.0714. The summed E-state index contributed by atoms with van der Waals surface area (Å²) in [4.78, 5) is 8.52. The summed E-state index contributed by atoms with van der Waals surface area (Å²) < 4.78 is 0. The predicted molar refractivity (Wildman–Crippen MR) is 73.3 cm³/mol. The van der Waals surface area contributed by atoms with Gasteiger partial charge in [-0.05, 0) is 29.8 Å². The second-order valence-corrected chi connectivity index (χ2v) is 4.27. The average molecular weight is 251 g/mol. The fourth-order valence-electron chi connectivity index (χ4n) is 1.83. The Kier molecular flexibility index (Phi) is 2.94. The van der Waals surface area contributed by atoms with Crippen LogP contribution in [0.5, 0.6) is 0 Å². The van der Waals surface area contributed by atoms with E-state index in [9.17, 15) is 0 Å². The van der Waals surface area contributed by atoms with E-state index in [1.807, 2.05) is 36.4 Å². The highest BCUT2D eigenvalue weighted by Gasteiger charge is 2.06. The number of H-pyrrole nitrogens is 1. The molecule has 19 heavy (non-hydrogen) atoms. The largest absolute Gasteiger partial charge is 0.399 e. The van der Waals surface area contributed by atoms with Gasteiger partial charge >= 0.3 is 0 Å². The van der Waals surface area contributed by atoms with Gasteiger partial charge in [0.2, 0.25) is 0 Å². The minimum absolute atomic E-state index is 0.665. The first-order chi connectivity index (χ1) is 9.31. The van der Waals surface area contributed by atoms with Gasteiger partial charge in [0.1, 0.15) is 5.82 Å². The Balaban J connectivity index is 1.80. The number of aromatic nitrogens is 4. The number of nitrogens with one attached hydrogen (secondary N) is 1. The zero-order valence-electron chi connectivity index (χ0n) is 10.2. The van der Waals surface area contributed by atoms with Gasteiger partial charge in [-0.2, -0.15) is 5.10 Å². The molecule has 2 heterocycles. The number of nitrogens with zero attached hydrogens (tertiary/aromatic N) is 3. The molecule has 0 atom stereocenters. The van der Waals surface area contributed by atoms with E-state index in [4.69, 9.17) is 5.73 Å². The Labute approximate surface area is 110 Å². The summed E-state index contributed by atoms with van der Waals surface area (Å²) in [5.41, 5.74) is 8.47. The van der Waals surface area contributed by atoms with Crippen molar-refractivity contribution in [1.29, 1.82) is 0 Å². The molecule has 0 aliphatic carbocycles. The number of benzene rings is 1. The highest BCUT2D eigenvalue weighted by molar-refractivity contribution is 5.52. The molecule has 94 valence electrons. The molecule has 5 nitrogen and oxygen atoms in total. The van der Waals surface area contributed by atoms with E-state index in [2.05, 4.69) is 20.2 Å². The molecule has 0 radical (unpaired) electrons. The summed E-state index contributed by atoms with van der Waals surface area (Å²) in [6, 6.07) is 11.5. The maximum absolute atomic E-state index is 5.66. The summed E-state index contributed by atoms with van der Waals surface area (Å²) in [5, 5.41) is 7.15. The number of aromatic amines is 1. The van der Waals surface area contributed by atoms with Crippen LogP contribution in [0.3, 0.4) is 0 Å². The number of pyridine rings is 1. The van der Waals surface area contributed by atoms with Crippen molar-refractivity contribution in [2.75, 3.05) is 5.73 Å². The first-order valence-electron chi connectivity index (χ1n) is 5.97. The molecular weight excluding hydrogens is 238 g/mol. The van der Waals surface area contributed by atoms with Gasteiger partial charge in [0.05, 0.1) is 0 Å². The minimum atomic E-state index is 0.665. The Bertz CT molecular complexity index is 658. The second kappa shape index (κ2) is 4.89. The highest BCUT2D eigenvalue weighted by atomic mass is 15.2. The van der Waals surface area contributed by atoms with Crippen molar-refractivity contribution in [2.24, 2.45) is 0 Å². The molecule has 0 aliphatic rings. The molecule has 0 unspecified atom stereocenters. The number of anilines is 1. The quantitative estimate of drug-likeness (QED) is 0.698. The van der Waals surface area contributed by atoms with Crippen LogP contribution in [-0.4, -0.2) is 20.2 Å². The lowest BCUT2D eigenvalue weighted by molar-refractivity contribution is 0.973. The van der Waals surface area contributed by atoms with Gasteiger partial charge in [-0.1, -0.05) is 12.1 Å². The summed E-state index contributed by atoms with van der Waals surface area (Å²) in [6.45, 7) is 0. The molecule has 3 rings (SSSR count). The average Bonchev–Trinajstić information content (AvgIpc) is 2.91. The van der Waals surface area contributed by atoms with E-state index in [0.717, 1.165) is 22.6 Å². The van der Waals surface area contributed by atoms with Crippen LogP contribution in [0.2, 0.25) is 0 Å². The Morgan fingerprint density at radius 3 is 2.68 bits per heavy atom. The highest BCUT2D eigenvalue weighted by Crippen LogP contribution is 2.14. The van der Waals surface area contributed by atoms with E-state index in [0.29, 0.717) is 12.2 Å². The molecule has 0 bridgehead atoms. The lowest BCUT2D eigenvalue weighted by atomic mass is 10.1. The predicted octanol–water partition coefficient (Wildman–Crippen LogP) is 2.04. The second-order valence-electron chi connectivity index (χ2n) is 4.27. The van der Waals surface area contributed by atoms with Crippen molar-refractivity contribution >= 4 is 5.69 Å². The molecule has 3 aromatic rings. The standard InChI is InChI=1S/C14H13N5/c15-12-5-3-10(4-6-12)8-13-17-14(19-18-13)11-2-1-7-16-9-11/h1-7,9H,8,15H2,(H,17,18,19). The van der Waals surface area contributed by atoms with Gasteiger partial charge < -0.3 is 5.73 Å². The zero-order chi connectivity index (χ0) is 13.1. The number of nitrogen functional groups attached to an aromatic ring is 1. The first-order valence-corrected chi connectivity index (χ1v) is 5.97. The maximum atomic E-state index is 5.66. The summed E-state index contributed by atoms with van der Waals surface area (Å²) >= 11 is 0. The van der Waals surface area contributed by atoms with Crippen LogP contribution >= 0.6 is 0 Å². The number of rotatable bonds is 3. The first kappa shape index (κ1) is 11.4. The molecule has 0 saturated carbocycles. The summed E-state index contributed by atoms with van der Waals surface area (Å²) in [5.74, 6) is 1.49. The Morgan fingerprint density at radius 1 is 1.11 bits per heavy atom. The molecule has 1 aromatic carbocycles. The Hall–Kier alpha value is -2.69. The normalized spacial score (nSPS) is 10.5. The van der Waals surface area contributed by atoms with E-state index in [1.54, 1.807) is 12.4 Å². The maximum Gasteiger partial charge on any atom is 0.182 e.